The Kier molecular flexibility index (Phi) is 2.60. The molecule has 0 amide bonds. The first-order valence-corrected chi connectivity index (χ1v) is 7.00. The first-order chi connectivity index (χ1) is 8.40. The molecule has 3 fully saturated rings. The second-order valence-corrected chi connectivity index (χ2v) is 6.63. The summed E-state index contributed by atoms with van der Waals surface area (Å²) in [5, 5.41) is 10.5. The molecular formula is C15H22O3. The van der Waals surface area contributed by atoms with E-state index in [1.807, 2.05) is 13.8 Å². The number of esters is 1. The Morgan fingerprint density at radius 2 is 2.22 bits per heavy atom. The van der Waals surface area contributed by atoms with Crippen LogP contribution in [0.5, 0.6) is 0 Å². The Bertz CT molecular complexity index is 399. The summed E-state index contributed by atoms with van der Waals surface area (Å²) in [4.78, 5) is 11.7. The third kappa shape index (κ3) is 1.63. The Hall–Kier alpha value is -0.830. The summed E-state index contributed by atoms with van der Waals surface area (Å²) in [6.45, 7) is 8.09. The number of rotatable bonds is 0. The zero-order valence-corrected chi connectivity index (χ0v) is 11.2. The van der Waals surface area contributed by atoms with Crippen molar-refractivity contribution in [3.8, 4) is 0 Å². The van der Waals surface area contributed by atoms with Crippen molar-refractivity contribution < 1.29 is 14.6 Å². The van der Waals surface area contributed by atoms with Gasteiger partial charge in [0, 0.05) is 12.3 Å². The van der Waals surface area contributed by atoms with E-state index in [1.54, 1.807) is 0 Å². The molecule has 1 aliphatic heterocycles. The second kappa shape index (κ2) is 3.83. The molecule has 2 saturated carbocycles. The summed E-state index contributed by atoms with van der Waals surface area (Å²) in [7, 11) is 0. The molecule has 3 rings (SSSR count). The summed E-state index contributed by atoms with van der Waals surface area (Å²) in [5.41, 5.74) is 0.570. The van der Waals surface area contributed by atoms with Gasteiger partial charge in [0.1, 0.15) is 6.10 Å². The van der Waals surface area contributed by atoms with Gasteiger partial charge in [-0.25, -0.2) is 0 Å². The molecule has 3 aliphatic rings. The monoisotopic (exact) mass is 250 g/mol. The minimum absolute atomic E-state index is 0.00130. The molecule has 1 heterocycles. The van der Waals surface area contributed by atoms with Crippen LogP contribution in [-0.2, 0) is 9.53 Å². The fraction of sp³-hybridized carbons (Fsp3) is 0.800. The third-order valence-electron chi connectivity index (χ3n) is 5.52. The van der Waals surface area contributed by atoms with Crippen LogP contribution < -0.4 is 0 Å². The van der Waals surface area contributed by atoms with Gasteiger partial charge in [0.2, 0.25) is 0 Å². The number of ether oxygens (including phenoxy) is 1. The van der Waals surface area contributed by atoms with Crippen molar-refractivity contribution in [2.75, 3.05) is 0 Å². The predicted octanol–water partition coefficient (Wildman–Crippen LogP) is 2.29. The van der Waals surface area contributed by atoms with Crippen molar-refractivity contribution in [2.45, 2.75) is 51.2 Å². The smallest absolute Gasteiger partial charge is 0.309 e. The number of carbonyl (C=O) groups excluding carboxylic acids is 1. The van der Waals surface area contributed by atoms with E-state index in [0.29, 0.717) is 5.92 Å². The molecule has 1 N–H and O–H groups in total. The quantitative estimate of drug-likeness (QED) is 0.530. The van der Waals surface area contributed by atoms with Gasteiger partial charge in [-0.1, -0.05) is 19.1 Å². The van der Waals surface area contributed by atoms with Crippen LogP contribution in [0.3, 0.4) is 0 Å². The molecule has 3 heteroatoms. The minimum atomic E-state index is -0.603. The summed E-state index contributed by atoms with van der Waals surface area (Å²) in [6, 6.07) is 0. The van der Waals surface area contributed by atoms with E-state index >= 15 is 0 Å². The van der Waals surface area contributed by atoms with Gasteiger partial charge in [0.05, 0.1) is 11.5 Å². The van der Waals surface area contributed by atoms with Crippen LogP contribution in [0.2, 0.25) is 0 Å². The van der Waals surface area contributed by atoms with E-state index < -0.39 is 5.60 Å². The molecule has 0 aromatic rings. The Morgan fingerprint density at radius 3 is 2.94 bits per heavy atom. The van der Waals surface area contributed by atoms with E-state index in [1.165, 1.54) is 5.57 Å². The van der Waals surface area contributed by atoms with E-state index in [0.717, 1.165) is 25.7 Å². The fourth-order valence-electron chi connectivity index (χ4n) is 4.27. The van der Waals surface area contributed by atoms with Crippen LogP contribution in [0.4, 0.5) is 0 Å². The van der Waals surface area contributed by atoms with Crippen LogP contribution in [-0.4, -0.2) is 22.8 Å². The Balaban J connectivity index is 1.92. The molecule has 100 valence electrons. The van der Waals surface area contributed by atoms with E-state index in [9.17, 15) is 9.90 Å². The molecule has 3 nitrogen and oxygen atoms in total. The zero-order valence-electron chi connectivity index (χ0n) is 11.2. The van der Waals surface area contributed by atoms with Crippen LogP contribution in [0.1, 0.15) is 39.5 Å². The minimum Gasteiger partial charge on any atom is -0.461 e. The summed E-state index contributed by atoms with van der Waals surface area (Å²) >= 11 is 0. The van der Waals surface area contributed by atoms with Gasteiger partial charge in [-0.15, -0.1) is 0 Å². The average Bonchev–Trinajstić information content (AvgIpc) is 2.65. The molecule has 1 saturated heterocycles. The standard InChI is InChI=1S/C15H22O3/c1-8-6-13-11(9(2)14(16)18-13)7-12-10(8)4-5-15(12,3)17/h9-13,17H,1,4-7H2,2-3H3/t9-,10+,11-,12-,13+,15-/m1/s1. The SMILES string of the molecule is C=C1C[C@@H]2OC(=O)[C@H](C)[C@H]2C[C@@H]2[C@H]1CC[C@@]2(C)O. The van der Waals surface area contributed by atoms with Crippen molar-refractivity contribution in [2.24, 2.45) is 23.7 Å². The first-order valence-electron chi connectivity index (χ1n) is 7.00. The van der Waals surface area contributed by atoms with Crippen molar-refractivity contribution in [3.63, 3.8) is 0 Å². The lowest BCUT2D eigenvalue weighted by Crippen LogP contribution is -2.34. The molecule has 0 aromatic heterocycles. The topological polar surface area (TPSA) is 46.5 Å². The highest BCUT2D eigenvalue weighted by atomic mass is 16.6. The molecule has 0 spiro atoms. The van der Waals surface area contributed by atoms with Gasteiger partial charge in [-0.2, -0.15) is 0 Å². The van der Waals surface area contributed by atoms with Crippen LogP contribution in [0.15, 0.2) is 12.2 Å². The molecule has 18 heavy (non-hydrogen) atoms. The second-order valence-electron chi connectivity index (χ2n) is 6.63. The Morgan fingerprint density at radius 1 is 1.50 bits per heavy atom. The van der Waals surface area contributed by atoms with Crippen LogP contribution in [0.25, 0.3) is 0 Å². The van der Waals surface area contributed by atoms with Crippen LogP contribution in [0, 0.1) is 23.7 Å². The van der Waals surface area contributed by atoms with Crippen LogP contribution >= 0.6 is 0 Å². The average molecular weight is 250 g/mol. The largest absolute Gasteiger partial charge is 0.461 e. The number of aliphatic hydroxyl groups is 1. The lowest BCUT2D eigenvalue weighted by molar-refractivity contribution is -0.143. The number of hydrogen-bond acceptors (Lipinski definition) is 3. The predicted molar refractivity (Wildman–Crippen MR) is 67.7 cm³/mol. The maximum atomic E-state index is 11.7. The van der Waals surface area contributed by atoms with Crippen molar-refractivity contribution in [1.29, 1.82) is 0 Å². The maximum Gasteiger partial charge on any atom is 0.309 e. The maximum absolute atomic E-state index is 11.7. The summed E-state index contributed by atoms with van der Waals surface area (Å²) in [5.74, 6) is 0.814. The highest BCUT2D eigenvalue weighted by Crippen LogP contribution is 2.53. The van der Waals surface area contributed by atoms with Gasteiger partial charge in [0.25, 0.3) is 0 Å². The van der Waals surface area contributed by atoms with E-state index in [2.05, 4.69) is 6.58 Å². The van der Waals surface area contributed by atoms with Gasteiger partial charge >= 0.3 is 5.97 Å². The molecular weight excluding hydrogens is 228 g/mol. The highest BCUT2D eigenvalue weighted by Gasteiger charge is 2.53. The summed E-state index contributed by atoms with van der Waals surface area (Å²) < 4.78 is 5.48. The zero-order chi connectivity index (χ0) is 13.1. The van der Waals surface area contributed by atoms with Crippen molar-refractivity contribution in [1.82, 2.24) is 0 Å². The van der Waals surface area contributed by atoms with Gasteiger partial charge in [-0.3, -0.25) is 4.79 Å². The lowest BCUT2D eigenvalue weighted by atomic mass is 9.77. The molecule has 6 atom stereocenters. The fourth-order valence-corrected chi connectivity index (χ4v) is 4.27. The Labute approximate surface area is 108 Å². The molecule has 0 bridgehead atoms. The first kappa shape index (κ1) is 12.2. The lowest BCUT2D eigenvalue weighted by Gasteiger charge is -2.30. The van der Waals surface area contributed by atoms with E-state index in [-0.39, 0.29) is 29.8 Å². The van der Waals surface area contributed by atoms with Crippen molar-refractivity contribution >= 4 is 5.97 Å². The third-order valence-corrected chi connectivity index (χ3v) is 5.52. The normalized spacial score (nSPS) is 51.6. The highest BCUT2D eigenvalue weighted by molar-refractivity contribution is 5.75. The van der Waals surface area contributed by atoms with E-state index in [4.69, 9.17) is 4.74 Å². The van der Waals surface area contributed by atoms with Gasteiger partial charge < -0.3 is 9.84 Å². The molecule has 0 aromatic carbocycles. The number of hydrogen-bond donors (Lipinski definition) is 1. The molecule has 0 unspecified atom stereocenters. The molecule has 2 aliphatic carbocycles. The number of carbonyl (C=O) groups is 1. The summed E-state index contributed by atoms with van der Waals surface area (Å²) in [6.07, 6.45) is 3.56. The number of fused-ring (bicyclic) bond motifs is 2. The van der Waals surface area contributed by atoms with Gasteiger partial charge in [0.15, 0.2) is 0 Å². The van der Waals surface area contributed by atoms with Crippen molar-refractivity contribution in [3.05, 3.63) is 12.2 Å². The molecule has 0 radical (unpaired) electrons. The van der Waals surface area contributed by atoms with Gasteiger partial charge in [-0.05, 0) is 38.0 Å².